The third kappa shape index (κ3) is 2.03. The normalized spacial score (nSPS) is 25.9. The van der Waals surface area contributed by atoms with Crippen LogP contribution in [0, 0.1) is 6.92 Å². The summed E-state index contributed by atoms with van der Waals surface area (Å²) in [5.41, 5.74) is 4.10. The van der Waals surface area contributed by atoms with Crippen molar-refractivity contribution in [1.82, 2.24) is 10.2 Å². The van der Waals surface area contributed by atoms with Crippen LogP contribution >= 0.6 is 12.2 Å². The van der Waals surface area contributed by atoms with Crippen LogP contribution in [0.4, 0.5) is 5.69 Å². The number of nitrogens with one attached hydrogen (secondary N) is 1. The van der Waals surface area contributed by atoms with Gasteiger partial charge < -0.3 is 15.1 Å². The zero-order valence-corrected chi connectivity index (χ0v) is 12.6. The molecule has 4 heteroatoms. The topological polar surface area (TPSA) is 18.5 Å². The summed E-state index contributed by atoms with van der Waals surface area (Å²) in [4.78, 5) is 4.76. The summed E-state index contributed by atoms with van der Waals surface area (Å²) in [6.45, 7) is 4.45. The Bertz CT molecular complexity index is 514. The molecule has 0 radical (unpaired) electrons. The number of piperidine rings is 1. The number of nitrogens with zero attached hydrogens (tertiary/aromatic N) is 2. The predicted molar refractivity (Wildman–Crippen MR) is 84.0 cm³/mol. The SMILES string of the molecule is CNC(=S)N1c2ccc(C)cc2C2CN(C)CCC21. The minimum Gasteiger partial charge on any atom is -0.365 e. The maximum atomic E-state index is 5.52. The zero-order chi connectivity index (χ0) is 13.6. The minimum atomic E-state index is 0.521. The summed E-state index contributed by atoms with van der Waals surface area (Å²) in [7, 11) is 4.13. The Morgan fingerprint density at radius 3 is 2.95 bits per heavy atom. The second-order valence-corrected chi connectivity index (χ2v) is 6.10. The van der Waals surface area contributed by atoms with Gasteiger partial charge in [-0.3, -0.25) is 0 Å². The van der Waals surface area contributed by atoms with Crippen molar-refractivity contribution in [1.29, 1.82) is 0 Å². The van der Waals surface area contributed by atoms with Gasteiger partial charge in [0.05, 0.1) is 0 Å². The lowest BCUT2D eigenvalue weighted by Gasteiger charge is -2.37. The van der Waals surface area contributed by atoms with Gasteiger partial charge in [-0.15, -0.1) is 0 Å². The molecule has 19 heavy (non-hydrogen) atoms. The van der Waals surface area contributed by atoms with Crippen molar-refractivity contribution in [2.24, 2.45) is 0 Å². The number of fused-ring (bicyclic) bond motifs is 3. The van der Waals surface area contributed by atoms with Crippen LogP contribution in [0.2, 0.25) is 0 Å². The zero-order valence-electron chi connectivity index (χ0n) is 11.8. The van der Waals surface area contributed by atoms with Gasteiger partial charge >= 0.3 is 0 Å². The number of hydrogen-bond donors (Lipinski definition) is 1. The van der Waals surface area contributed by atoms with E-state index in [4.69, 9.17) is 12.2 Å². The number of thiocarbonyl (C=S) groups is 1. The molecule has 1 N–H and O–H groups in total. The molecule has 0 bridgehead atoms. The largest absolute Gasteiger partial charge is 0.365 e. The Morgan fingerprint density at radius 1 is 1.42 bits per heavy atom. The molecule has 1 saturated heterocycles. The highest BCUT2D eigenvalue weighted by Gasteiger charge is 2.42. The summed E-state index contributed by atoms with van der Waals surface area (Å²) in [5, 5.41) is 4.00. The van der Waals surface area contributed by atoms with Gasteiger partial charge in [-0.1, -0.05) is 17.7 Å². The van der Waals surface area contributed by atoms with Gasteiger partial charge in [0, 0.05) is 31.2 Å². The molecule has 1 aromatic carbocycles. The molecule has 0 amide bonds. The van der Waals surface area contributed by atoms with E-state index in [1.165, 1.54) is 23.2 Å². The fourth-order valence-electron chi connectivity index (χ4n) is 3.47. The van der Waals surface area contributed by atoms with Gasteiger partial charge in [0.15, 0.2) is 5.11 Å². The van der Waals surface area contributed by atoms with Crippen LogP contribution in [0.5, 0.6) is 0 Å². The number of likely N-dealkylation sites (tertiary alicyclic amines) is 1. The summed E-state index contributed by atoms with van der Waals surface area (Å²) in [6, 6.07) is 7.27. The minimum absolute atomic E-state index is 0.521. The van der Waals surface area contributed by atoms with Crippen LogP contribution in [-0.4, -0.2) is 43.2 Å². The monoisotopic (exact) mass is 275 g/mol. The van der Waals surface area contributed by atoms with Crippen molar-refractivity contribution in [3.05, 3.63) is 29.3 Å². The van der Waals surface area contributed by atoms with E-state index in [-0.39, 0.29) is 0 Å². The first-order valence-electron chi connectivity index (χ1n) is 6.92. The van der Waals surface area contributed by atoms with Crippen LogP contribution in [0.25, 0.3) is 0 Å². The first-order valence-corrected chi connectivity index (χ1v) is 7.32. The number of rotatable bonds is 0. The van der Waals surface area contributed by atoms with Crippen molar-refractivity contribution < 1.29 is 0 Å². The van der Waals surface area contributed by atoms with Gasteiger partial charge in [0.25, 0.3) is 0 Å². The predicted octanol–water partition coefficient (Wildman–Crippen LogP) is 2.11. The molecule has 0 saturated carbocycles. The molecule has 0 aliphatic carbocycles. The Kier molecular flexibility index (Phi) is 3.23. The number of likely N-dealkylation sites (N-methyl/N-ethyl adjacent to an activating group) is 1. The van der Waals surface area contributed by atoms with Crippen molar-refractivity contribution >= 4 is 23.0 Å². The maximum absolute atomic E-state index is 5.52. The highest BCUT2D eigenvalue weighted by molar-refractivity contribution is 7.80. The van der Waals surface area contributed by atoms with E-state index in [1.54, 1.807) is 0 Å². The van der Waals surface area contributed by atoms with Gasteiger partial charge in [-0.25, -0.2) is 0 Å². The molecule has 3 rings (SSSR count). The van der Waals surface area contributed by atoms with Crippen LogP contribution in [-0.2, 0) is 0 Å². The van der Waals surface area contributed by atoms with Crippen LogP contribution in [0.1, 0.15) is 23.5 Å². The molecule has 2 aliphatic heterocycles. The average Bonchev–Trinajstić information content (AvgIpc) is 2.71. The summed E-state index contributed by atoms with van der Waals surface area (Å²) >= 11 is 5.52. The quantitative estimate of drug-likeness (QED) is 0.731. The third-order valence-corrected chi connectivity index (χ3v) is 4.79. The van der Waals surface area contributed by atoms with Gasteiger partial charge in [0.2, 0.25) is 0 Å². The van der Waals surface area contributed by atoms with E-state index < -0.39 is 0 Å². The average molecular weight is 275 g/mol. The first kappa shape index (κ1) is 12.9. The molecular weight excluding hydrogens is 254 g/mol. The highest BCUT2D eigenvalue weighted by atomic mass is 32.1. The molecule has 2 unspecified atom stereocenters. The number of benzene rings is 1. The molecule has 0 spiro atoms. The maximum Gasteiger partial charge on any atom is 0.173 e. The van der Waals surface area contributed by atoms with Gasteiger partial charge in [0.1, 0.15) is 0 Å². The van der Waals surface area contributed by atoms with Crippen molar-refractivity contribution in [2.45, 2.75) is 25.3 Å². The second-order valence-electron chi connectivity index (χ2n) is 5.71. The molecule has 102 valence electrons. The smallest absolute Gasteiger partial charge is 0.173 e. The van der Waals surface area contributed by atoms with E-state index >= 15 is 0 Å². The lowest BCUT2D eigenvalue weighted by atomic mass is 9.89. The van der Waals surface area contributed by atoms with E-state index in [1.807, 2.05) is 7.05 Å². The number of anilines is 1. The van der Waals surface area contributed by atoms with Crippen molar-refractivity contribution in [3.8, 4) is 0 Å². The van der Waals surface area contributed by atoms with E-state index in [9.17, 15) is 0 Å². The van der Waals surface area contributed by atoms with Crippen LogP contribution in [0.15, 0.2) is 18.2 Å². The summed E-state index contributed by atoms with van der Waals surface area (Å²) in [6.07, 6.45) is 1.18. The Hall–Kier alpha value is -1.13. The fraction of sp³-hybridized carbons (Fsp3) is 0.533. The standard InChI is InChI=1S/C15H21N3S/c1-10-4-5-13-11(8-10)12-9-17(3)7-6-14(12)18(13)15(19)16-2/h4-5,8,12,14H,6-7,9H2,1-3H3,(H,16,19). The molecule has 2 atom stereocenters. The molecule has 2 heterocycles. The number of hydrogen-bond acceptors (Lipinski definition) is 2. The molecule has 0 aromatic heterocycles. The van der Waals surface area contributed by atoms with Crippen LogP contribution in [0.3, 0.4) is 0 Å². The first-order chi connectivity index (χ1) is 9.11. The second kappa shape index (κ2) is 4.76. The third-order valence-electron chi connectivity index (χ3n) is 4.39. The Labute approximate surface area is 120 Å². The lowest BCUT2D eigenvalue weighted by molar-refractivity contribution is 0.237. The molecule has 2 aliphatic rings. The van der Waals surface area contributed by atoms with Crippen molar-refractivity contribution in [2.75, 3.05) is 32.1 Å². The Morgan fingerprint density at radius 2 is 2.21 bits per heavy atom. The highest BCUT2D eigenvalue weighted by Crippen LogP contribution is 2.44. The van der Waals surface area contributed by atoms with E-state index in [0.717, 1.165) is 18.2 Å². The van der Waals surface area contributed by atoms with E-state index in [2.05, 4.69) is 47.3 Å². The fourth-order valence-corrected chi connectivity index (χ4v) is 3.70. The van der Waals surface area contributed by atoms with Gasteiger partial charge in [-0.05, 0) is 50.8 Å². The molecule has 1 aromatic rings. The van der Waals surface area contributed by atoms with E-state index in [0.29, 0.717) is 12.0 Å². The van der Waals surface area contributed by atoms with Gasteiger partial charge in [-0.2, -0.15) is 0 Å². The molecule has 3 nitrogen and oxygen atoms in total. The van der Waals surface area contributed by atoms with Crippen LogP contribution < -0.4 is 10.2 Å². The Balaban J connectivity index is 2.06. The molecule has 1 fully saturated rings. The lowest BCUT2D eigenvalue weighted by Crippen LogP contribution is -2.49. The summed E-state index contributed by atoms with van der Waals surface area (Å²) < 4.78 is 0. The van der Waals surface area contributed by atoms with Crippen molar-refractivity contribution in [3.63, 3.8) is 0 Å². The summed E-state index contributed by atoms with van der Waals surface area (Å²) in [5.74, 6) is 0.583. The molecular formula is C15H21N3S. The number of aryl methyl sites for hydroxylation is 1.